The highest BCUT2D eigenvalue weighted by atomic mass is 32.2. The Kier molecular flexibility index (Phi) is 4.82. The van der Waals surface area contributed by atoms with Crippen LogP contribution in [0.1, 0.15) is 26.7 Å². The molecular weight excluding hydrogens is 240 g/mol. The van der Waals surface area contributed by atoms with E-state index in [0.717, 1.165) is 0 Å². The normalized spacial score (nSPS) is 20.6. The summed E-state index contributed by atoms with van der Waals surface area (Å²) in [5.74, 6) is -0.115. The molecule has 1 aliphatic heterocycles. The zero-order chi connectivity index (χ0) is 13.1. The van der Waals surface area contributed by atoms with E-state index >= 15 is 0 Å². The third kappa shape index (κ3) is 2.57. The first-order chi connectivity index (χ1) is 8.02. The van der Waals surface area contributed by atoms with E-state index in [1.54, 1.807) is 0 Å². The molecule has 1 atom stereocenters. The topological polar surface area (TPSA) is 83.6 Å². The summed E-state index contributed by atoms with van der Waals surface area (Å²) in [6.07, 6.45) is 1.29. The van der Waals surface area contributed by atoms with E-state index < -0.39 is 17.4 Å². The summed E-state index contributed by atoms with van der Waals surface area (Å²) in [6.45, 7) is 4.12. The van der Waals surface area contributed by atoms with Gasteiger partial charge in [-0.2, -0.15) is 0 Å². The van der Waals surface area contributed by atoms with Gasteiger partial charge in [-0.05, 0) is 12.8 Å². The highest BCUT2D eigenvalue weighted by Crippen LogP contribution is 2.32. The number of hydrogen-bond donors (Lipinski definition) is 2. The molecule has 0 aromatic heterocycles. The van der Waals surface area contributed by atoms with Crippen molar-refractivity contribution in [2.45, 2.75) is 32.7 Å². The van der Waals surface area contributed by atoms with Gasteiger partial charge in [0, 0.05) is 12.3 Å². The fourth-order valence-corrected chi connectivity index (χ4v) is 3.23. The molecule has 0 unspecified atom stereocenters. The molecule has 6 heteroatoms. The minimum absolute atomic E-state index is 0.109. The Bertz CT molecular complexity index is 297. The SMILES string of the molecule is CCC(CC)(CN)C(=O)N1CSC[C@H]1C(=O)O. The predicted octanol–water partition coefficient (Wildman–Crippen LogP) is 0.738. The van der Waals surface area contributed by atoms with E-state index in [1.807, 2.05) is 13.8 Å². The van der Waals surface area contributed by atoms with Gasteiger partial charge in [-0.25, -0.2) is 4.79 Å². The number of carbonyl (C=O) groups is 2. The molecule has 5 nitrogen and oxygen atoms in total. The standard InChI is InChI=1S/C11H20N2O3S/c1-3-11(4-2,6-12)10(16)13-7-17-5-8(13)9(14)15/h8H,3-7,12H2,1-2H3,(H,14,15)/t8-/m0/s1. The fourth-order valence-electron chi connectivity index (χ4n) is 2.08. The second-order valence-electron chi connectivity index (χ2n) is 4.32. The molecule has 0 spiro atoms. The Balaban J connectivity index is 2.91. The van der Waals surface area contributed by atoms with E-state index in [2.05, 4.69) is 0 Å². The van der Waals surface area contributed by atoms with Gasteiger partial charge in [0.2, 0.25) is 5.91 Å². The van der Waals surface area contributed by atoms with Crippen LogP contribution in [0.4, 0.5) is 0 Å². The Morgan fingerprint density at radius 3 is 2.47 bits per heavy atom. The molecule has 0 radical (unpaired) electrons. The maximum atomic E-state index is 12.4. The monoisotopic (exact) mass is 260 g/mol. The van der Waals surface area contributed by atoms with E-state index in [0.29, 0.717) is 24.5 Å². The molecule has 1 amide bonds. The van der Waals surface area contributed by atoms with E-state index in [9.17, 15) is 9.59 Å². The van der Waals surface area contributed by atoms with Crippen LogP contribution >= 0.6 is 11.8 Å². The number of nitrogens with zero attached hydrogens (tertiary/aromatic N) is 1. The van der Waals surface area contributed by atoms with Gasteiger partial charge in [0.1, 0.15) is 6.04 Å². The van der Waals surface area contributed by atoms with Crippen molar-refractivity contribution in [2.75, 3.05) is 18.2 Å². The van der Waals surface area contributed by atoms with Crippen LogP contribution in [0, 0.1) is 5.41 Å². The number of amides is 1. The molecule has 98 valence electrons. The minimum atomic E-state index is -0.929. The van der Waals surface area contributed by atoms with Crippen LogP contribution in [0.2, 0.25) is 0 Å². The summed E-state index contributed by atoms with van der Waals surface area (Å²) in [4.78, 5) is 25.0. The van der Waals surface area contributed by atoms with Gasteiger partial charge in [-0.15, -0.1) is 11.8 Å². The smallest absolute Gasteiger partial charge is 0.327 e. The minimum Gasteiger partial charge on any atom is -0.480 e. The zero-order valence-electron chi connectivity index (χ0n) is 10.3. The molecular formula is C11H20N2O3S. The summed E-state index contributed by atoms with van der Waals surface area (Å²) >= 11 is 1.48. The summed E-state index contributed by atoms with van der Waals surface area (Å²) < 4.78 is 0. The average molecular weight is 260 g/mol. The molecule has 3 N–H and O–H groups in total. The van der Waals surface area contributed by atoms with Crippen LogP contribution in [0.15, 0.2) is 0 Å². The number of thioether (sulfide) groups is 1. The molecule has 17 heavy (non-hydrogen) atoms. The Morgan fingerprint density at radius 1 is 1.47 bits per heavy atom. The number of carboxylic acids is 1. The van der Waals surface area contributed by atoms with Crippen molar-refractivity contribution >= 4 is 23.6 Å². The van der Waals surface area contributed by atoms with Gasteiger partial charge in [0.25, 0.3) is 0 Å². The maximum Gasteiger partial charge on any atom is 0.327 e. The van der Waals surface area contributed by atoms with E-state index in [-0.39, 0.29) is 12.5 Å². The largest absolute Gasteiger partial charge is 0.480 e. The molecule has 0 aromatic carbocycles. The lowest BCUT2D eigenvalue weighted by Gasteiger charge is -2.34. The molecule has 0 aromatic rings. The number of carbonyl (C=O) groups excluding carboxylic acids is 1. The maximum absolute atomic E-state index is 12.4. The van der Waals surface area contributed by atoms with Gasteiger partial charge in [-0.1, -0.05) is 13.8 Å². The van der Waals surface area contributed by atoms with Crippen molar-refractivity contribution in [3.8, 4) is 0 Å². The Hall–Kier alpha value is -0.750. The van der Waals surface area contributed by atoms with Crippen LogP contribution < -0.4 is 5.73 Å². The van der Waals surface area contributed by atoms with Gasteiger partial charge in [0.05, 0.1) is 11.3 Å². The van der Waals surface area contributed by atoms with Crippen molar-refractivity contribution in [1.82, 2.24) is 4.90 Å². The van der Waals surface area contributed by atoms with Crippen LogP contribution in [0.3, 0.4) is 0 Å². The van der Waals surface area contributed by atoms with Crippen LogP contribution in [0.25, 0.3) is 0 Å². The molecule has 0 saturated carbocycles. The second-order valence-corrected chi connectivity index (χ2v) is 5.32. The van der Waals surface area contributed by atoms with Crippen molar-refractivity contribution in [1.29, 1.82) is 0 Å². The van der Waals surface area contributed by atoms with Crippen LogP contribution in [0.5, 0.6) is 0 Å². The summed E-state index contributed by atoms with van der Waals surface area (Å²) in [5.41, 5.74) is 5.12. The lowest BCUT2D eigenvalue weighted by molar-refractivity contribution is -0.152. The first-order valence-corrected chi connectivity index (χ1v) is 6.99. The number of nitrogens with two attached hydrogens (primary N) is 1. The number of aliphatic carboxylic acids is 1. The fraction of sp³-hybridized carbons (Fsp3) is 0.818. The summed E-state index contributed by atoms with van der Waals surface area (Å²) in [7, 11) is 0. The van der Waals surface area contributed by atoms with Gasteiger partial charge in [0.15, 0.2) is 0 Å². The van der Waals surface area contributed by atoms with Crippen molar-refractivity contribution < 1.29 is 14.7 Å². The third-order valence-electron chi connectivity index (χ3n) is 3.63. The molecule has 0 aliphatic carbocycles. The molecule has 1 rings (SSSR count). The van der Waals surface area contributed by atoms with E-state index in [1.165, 1.54) is 16.7 Å². The average Bonchev–Trinajstić information content (AvgIpc) is 2.80. The van der Waals surface area contributed by atoms with Crippen molar-refractivity contribution in [2.24, 2.45) is 11.1 Å². The lowest BCUT2D eigenvalue weighted by Crippen LogP contribution is -2.51. The summed E-state index contributed by atoms with van der Waals surface area (Å²) in [5, 5.41) is 9.08. The highest BCUT2D eigenvalue weighted by molar-refractivity contribution is 7.99. The molecule has 0 bridgehead atoms. The molecule has 1 heterocycles. The van der Waals surface area contributed by atoms with E-state index in [4.69, 9.17) is 10.8 Å². The Morgan fingerprint density at radius 2 is 2.06 bits per heavy atom. The predicted molar refractivity (Wildman–Crippen MR) is 67.7 cm³/mol. The lowest BCUT2D eigenvalue weighted by atomic mass is 9.81. The third-order valence-corrected chi connectivity index (χ3v) is 4.64. The number of rotatable bonds is 5. The second kappa shape index (κ2) is 5.73. The molecule has 1 aliphatic rings. The van der Waals surface area contributed by atoms with Crippen LogP contribution in [-0.4, -0.2) is 46.1 Å². The molecule has 1 fully saturated rings. The van der Waals surface area contributed by atoms with Crippen molar-refractivity contribution in [3.63, 3.8) is 0 Å². The van der Waals surface area contributed by atoms with Crippen molar-refractivity contribution in [3.05, 3.63) is 0 Å². The summed E-state index contributed by atoms with van der Waals surface area (Å²) in [6, 6.07) is -0.698. The van der Waals surface area contributed by atoms with Gasteiger partial charge >= 0.3 is 5.97 Å². The molecule has 1 saturated heterocycles. The zero-order valence-corrected chi connectivity index (χ0v) is 11.1. The van der Waals surface area contributed by atoms with Gasteiger partial charge < -0.3 is 15.7 Å². The highest BCUT2D eigenvalue weighted by Gasteiger charge is 2.43. The quantitative estimate of drug-likeness (QED) is 0.761. The van der Waals surface area contributed by atoms with Gasteiger partial charge in [-0.3, -0.25) is 4.79 Å². The van der Waals surface area contributed by atoms with Crippen LogP contribution in [-0.2, 0) is 9.59 Å². The number of carboxylic acid groups (broad SMARTS) is 1. The first-order valence-electron chi connectivity index (χ1n) is 5.84. The number of hydrogen-bond acceptors (Lipinski definition) is 4. The first kappa shape index (κ1) is 14.3. The Labute approximate surface area is 106 Å².